The highest BCUT2D eigenvalue weighted by Crippen LogP contribution is 2.10. The molecule has 1 aromatic rings. The maximum Gasteiger partial charge on any atom is 0.360 e. The molecule has 0 spiro atoms. The molecule has 0 saturated carbocycles. The summed E-state index contributed by atoms with van der Waals surface area (Å²) in [5.41, 5.74) is -0.696. The summed E-state index contributed by atoms with van der Waals surface area (Å²) in [6.07, 6.45) is -1.26. The number of halogens is 2. The van der Waals surface area contributed by atoms with Gasteiger partial charge in [-0.1, -0.05) is 0 Å². The fourth-order valence-electron chi connectivity index (χ4n) is 0.773. The first-order chi connectivity index (χ1) is 6.02. The van der Waals surface area contributed by atoms with Crippen molar-refractivity contribution in [1.82, 2.24) is 4.57 Å². The van der Waals surface area contributed by atoms with Crippen LogP contribution < -0.4 is 5.56 Å². The monoisotopic (exact) mass is 249 g/mol. The van der Waals surface area contributed by atoms with Crippen LogP contribution in [0.15, 0.2) is 27.6 Å². The first kappa shape index (κ1) is 9.91. The van der Waals surface area contributed by atoms with Crippen molar-refractivity contribution in [2.45, 2.75) is 6.30 Å². The molecule has 0 aliphatic rings. The second-order valence-electron chi connectivity index (χ2n) is 2.27. The Morgan fingerprint density at radius 1 is 1.62 bits per heavy atom. The Morgan fingerprint density at radius 3 is 2.77 bits per heavy atom. The third-order valence-corrected chi connectivity index (χ3v) is 1.82. The van der Waals surface area contributed by atoms with Gasteiger partial charge in [0.1, 0.15) is 0 Å². The lowest BCUT2D eigenvalue weighted by Crippen LogP contribution is -2.25. The van der Waals surface area contributed by atoms with E-state index in [2.05, 4.69) is 15.9 Å². The Balaban J connectivity index is 3.21. The van der Waals surface area contributed by atoms with Crippen LogP contribution in [-0.4, -0.2) is 15.6 Å². The number of nitrogens with zero attached hydrogens (tertiary/aromatic N) is 1. The van der Waals surface area contributed by atoms with Gasteiger partial charge in [-0.05, 0) is 22.0 Å². The molecule has 0 fully saturated rings. The van der Waals surface area contributed by atoms with Crippen molar-refractivity contribution in [3.05, 3.63) is 33.2 Å². The van der Waals surface area contributed by atoms with Gasteiger partial charge in [0, 0.05) is 16.7 Å². The number of aliphatic carboxylic acids is 1. The van der Waals surface area contributed by atoms with Crippen molar-refractivity contribution >= 4 is 21.9 Å². The van der Waals surface area contributed by atoms with E-state index in [1.165, 1.54) is 6.07 Å². The molecule has 1 N–H and O–H groups in total. The fourth-order valence-corrected chi connectivity index (χ4v) is 1.13. The summed E-state index contributed by atoms with van der Waals surface area (Å²) in [5.74, 6) is -1.69. The first-order valence-corrected chi connectivity index (χ1v) is 4.06. The van der Waals surface area contributed by atoms with Crippen LogP contribution in [0.5, 0.6) is 0 Å². The van der Waals surface area contributed by atoms with E-state index in [9.17, 15) is 14.0 Å². The lowest BCUT2D eigenvalue weighted by Gasteiger charge is -2.06. The number of rotatable bonds is 2. The zero-order valence-electron chi connectivity index (χ0n) is 6.28. The number of hydrogen-bond donors (Lipinski definition) is 1. The van der Waals surface area contributed by atoms with E-state index in [1.54, 1.807) is 0 Å². The van der Waals surface area contributed by atoms with Gasteiger partial charge in [0.05, 0.1) is 0 Å². The van der Waals surface area contributed by atoms with Crippen molar-refractivity contribution in [1.29, 1.82) is 0 Å². The molecule has 6 heteroatoms. The zero-order chi connectivity index (χ0) is 10.0. The van der Waals surface area contributed by atoms with Gasteiger partial charge in [-0.2, -0.15) is 0 Å². The standard InChI is InChI=1S/C7H5BrFNO3/c8-4-1-2-5(11)10(3-4)6(9)7(12)13/h1-3,6H,(H,12,13). The lowest BCUT2D eigenvalue weighted by molar-refractivity contribution is -0.146. The summed E-state index contributed by atoms with van der Waals surface area (Å²) >= 11 is 2.99. The third-order valence-electron chi connectivity index (χ3n) is 1.35. The first-order valence-electron chi connectivity index (χ1n) is 3.27. The average molecular weight is 250 g/mol. The summed E-state index contributed by atoms with van der Waals surface area (Å²) < 4.78 is 13.8. The van der Waals surface area contributed by atoms with Crippen LogP contribution in [0.2, 0.25) is 0 Å². The van der Waals surface area contributed by atoms with Crippen molar-refractivity contribution in [3.63, 3.8) is 0 Å². The van der Waals surface area contributed by atoms with Crippen LogP contribution in [0.25, 0.3) is 0 Å². The van der Waals surface area contributed by atoms with E-state index >= 15 is 0 Å². The summed E-state index contributed by atoms with van der Waals surface area (Å²) in [7, 11) is 0. The SMILES string of the molecule is O=C(O)C(F)n1cc(Br)ccc1=O. The van der Waals surface area contributed by atoms with E-state index in [0.29, 0.717) is 9.04 Å². The van der Waals surface area contributed by atoms with E-state index in [0.717, 1.165) is 12.3 Å². The van der Waals surface area contributed by atoms with Crippen molar-refractivity contribution in [3.8, 4) is 0 Å². The second kappa shape index (κ2) is 3.69. The number of carboxylic acid groups (broad SMARTS) is 1. The number of carboxylic acids is 1. The Morgan fingerprint density at radius 2 is 2.23 bits per heavy atom. The van der Waals surface area contributed by atoms with Gasteiger partial charge >= 0.3 is 5.97 Å². The van der Waals surface area contributed by atoms with Gasteiger partial charge in [0.25, 0.3) is 11.9 Å². The van der Waals surface area contributed by atoms with Crippen LogP contribution in [0.3, 0.4) is 0 Å². The largest absolute Gasteiger partial charge is 0.478 e. The lowest BCUT2D eigenvalue weighted by atomic mass is 10.4. The Kier molecular flexibility index (Phi) is 2.82. The highest BCUT2D eigenvalue weighted by molar-refractivity contribution is 9.10. The number of carbonyl (C=O) groups is 1. The van der Waals surface area contributed by atoms with E-state index in [4.69, 9.17) is 5.11 Å². The highest BCUT2D eigenvalue weighted by atomic mass is 79.9. The molecule has 0 aromatic carbocycles. The van der Waals surface area contributed by atoms with Crippen LogP contribution in [0.4, 0.5) is 4.39 Å². The molecule has 0 amide bonds. The molecule has 1 atom stereocenters. The third kappa shape index (κ3) is 2.15. The van der Waals surface area contributed by atoms with E-state index in [1.807, 2.05) is 0 Å². The molecule has 1 aromatic heterocycles. The van der Waals surface area contributed by atoms with Gasteiger partial charge in [-0.3, -0.25) is 9.36 Å². The molecule has 13 heavy (non-hydrogen) atoms. The van der Waals surface area contributed by atoms with Crippen molar-refractivity contribution in [2.24, 2.45) is 0 Å². The van der Waals surface area contributed by atoms with Gasteiger partial charge in [0.15, 0.2) is 0 Å². The van der Waals surface area contributed by atoms with Crippen LogP contribution in [0, 0.1) is 0 Å². The van der Waals surface area contributed by atoms with Crippen molar-refractivity contribution in [2.75, 3.05) is 0 Å². The number of aromatic nitrogens is 1. The van der Waals surface area contributed by atoms with Crippen LogP contribution >= 0.6 is 15.9 Å². The molecule has 0 saturated heterocycles. The molecule has 0 radical (unpaired) electrons. The van der Waals surface area contributed by atoms with E-state index < -0.39 is 17.8 Å². The minimum absolute atomic E-state index is 0.441. The topological polar surface area (TPSA) is 59.3 Å². The molecular weight excluding hydrogens is 245 g/mol. The predicted octanol–water partition coefficient (Wildman–Crippen LogP) is 1.16. The minimum Gasteiger partial charge on any atom is -0.478 e. The summed E-state index contributed by atoms with van der Waals surface area (Å²) in [4.78, 5) is 21.2. The molecular formula is C7H5BrFNO3. The molecule has 0 aliphatic heterocycles. The van der Waals surface area contributed by atoms with Gasteiger partial charge in [0.2, 0.25) is 0 Å². The smallest absolute Gasteiger partial charge is 0.360 e. The van der Waals surface area contributed by atoms with E-state index in [-0.39, 0.29) is 0 Å². The molecule has 0 aliphatic carbocycles. The molecule has 0 bridgehead atoms. The molecule has 1 rings (SSSR count). The second-order valence-corrected chi connectivity index (χ2v) is 3.18. The number of pyridine rings is 1. The van der Waals surface area contributed by atoms with Crippen molar-refractivity contribution < 1.29 is 14.3 Å². The van der Waals surface area contributed by atoms with Crippen LogP contribution in [0.1, 0.15) is 6.30 Å². The predicted molar refractivity (Wildman–Crippen MR) is 46.2 cm³/mol. The number of hydrogen-bond acceptors (Lipinski definition) is 2. The minimum atomic E-state index is -2.34. The Labute approximate surface area is 80.7 Å². The zero-order valence-corrected chi connectivity index (χ0v) is 7.86. The maximum atomic E-state index is 12.8. The summed E-state index contributed by atoms with van der Waals surface area (Å²) in [5, 5.41) is 8.30. The van der Waals surface area contributed by atoms with Gasteiger partial charge < -0.3 is 5.11 Å². The quantitative estimate of drug-likeness (QED) is 0.856. The normalized spacial score (nSPS) is 12.5. The maximum absolute atomic E-state index is 12.8. The van der Waals surface area contributed by atoms with Gasteiger partial charge in [-0.25, -0.2) is 9.18 Å². The fraction of sp³-hybridized carbons (Fsp3) is 0.143. The summed E-state index contributed by atoms with van der Waals surface area (Å²) in [6.45, 7) is 0. The average Bonchev–Trinajstić information content (AvgIpc) is 2.08. The molecule has 4 nitrogen and oxygen atoms in total. The Bertz CT molecular complexity index is 390. The Hall–Kier alpha value is -1.17. The highest BCUT2D eigenvalue weighted by Gasteiger charge is 2.18. The van der Waals surface area contributed by atoms with Gasteiger partial charge in [-0.15, -0.1) is 0 Å². The number of alkyl halides is 1. The summed E-state index contributed by atoms with van der Waals surface area (Å²) in [6, 6.07) is 2.49. The molecule has 1 unspecified atom stereocenters. The molecule has 1 heterocycles. The molecule has 70 valence electrons. The van der Waals surface area contributed by atoms with Crippen LogP contribution in [-0.2, 0) is 4.79 Å².